The molecule has 0 spiro atoms. The molecule has 3 nitrogen and oxygen atoms in total. The molecule has 72 valence electrons. The van der Waals surface area contributed by atoms with Gasteiger partial charge in [-0.1, -0.05) is 6.42 Å². The largest absolute Gasteiger partial charge is 0.490 e. The van der Waals surface area contributed by atoms with Gasteiger partial charge in [-0.3, -0.25) is 4.79 Å². The van der Waals surface area contributed by atoms with E-state index in [9.17, 15) is 4.79 Å². The minimum Gasteiger partial charge on any atom is -0.490 e. The summed E-state index contributed by atoms with van der Waals surface area (Å²) in [6.07, 6.45) is 6.08. The van der Waals surface area contributed by atoms with Crippen molar-refractivity contribution in [2.75, 3.05) is 13.2 Å². The minimum absolute atomic E-state index is 0.0121. The molecule has 2 aliphatic rings. The second-order valence-electron chi connectivity index (χ2n) is 3.57. The molecule has 13 heavy (non-hydrogen) atoms. The van der Waals surface area contributed by atoms with Crippen LogP contribution in [0.25, 0.3) is 0 Å². The molecule has 2 heterocycles. The Bertz CT molecular complexity index is 229. The number of Topliss-reactive ketones (excluding diaryl/α,β-unsaturated/α-hetero) is 1. The molecule has 1 saturated heterocycles. The summed E-state index contributed by atoms with van der Waals surface area (Å²) in [5.41, 5.74) is 0. The van der Waals surface area contributed by atoms with Crippen molar-refractivity contribution in [1.29, 1.82) is 0 Å². The zero-order chi connectivity index (χ0) is 9.10. The molecule has 1 N–H and O–H groups in total. The lowest BCUT2D eigenvalue weighted by atomic mass is 10.00. The summed E-state index contributed by atoms with van der Waals surface area (Å²) in [5.74, 6) is 0.733. The van der Waals surface area contributed by atoms with E-state index < -0.39 is 0 Å². The Hall–Kier alpha value is -0.830. The summed E-state index contributed by atoms with van der Waals surface area (Å²) in [6.45, 7) is 1.64. The summed E-state index contributed by atoms with van der Waals surface area (Å²) in [5, 5.41) is 3.23. The van der Waals surface area contributed by atoms with E-state index in [1.807, 2.05) is 6.08 Å². The predicted molar refractivity (Wildman–Crippen MR) is 49.3 cm³/mol. The Morgan fingerprint density at radius 2 is 2.46 bits per heavy atom. The van der Waals surface area contributed by atoms with Gasteiger partial charge in [-0.05, 0) is 25.5 Å². The molecule has 0 amide bonds. The van der Waals surface area contributed by atoms with E-state index in [0.717, 1.165) is 25.8 Å². The molecule has 1 atom stereocenters. The van der Waals surface area contributed by atoms with Crippen molar-refractivity contribution in [1.82, 2.24) is 5.32 Å². The van der Waals surface area contributed by atoms with E-state index in [0.29, 0.717) is 12.4 Å². The first kappa shape index (κ1) is 8.75. The zero-order valence-electron chi connectivity index (χ0n) is 7.71. The van der Waals surface area contributed by atoms with Crippen molar-refractivity contribution in [3.05, 3.63) is 11.8 Å². The Balaban J connectivity index is 1.94. The SMILES string of the molecule is O=C(C1=CCCO1)C1CCCCN1. The predicted octanol–water partition coefficient (Wildman–Crippen LogP) is 1.00. The normalized spacial score (nSPS) is 28.0. The summed E-state index contributed by atoms with van der Waals surface area (Å²) < 4.78 is 5.24. The first-order valence-corrected chi connectivity index (χ1v) is 4.98. The van der Waals surface area contributed by atoms with Gasteiger partial charge in [-0.25, -0.2) is 0 Å². The fraction of sp³-hybridized carbons (Fsp3) is 0.700. The first-order valence-electron chi connectivity index (χ1n) is 4.98. The Morgan fingerprint density at radius 3 is 3.08 bits per heavy atom. The average molecular weight is 181 g/mol. The van der Waals surface area contributed by atoms with Crippen LogP contribution in [0.1, 0.15) is 25.7 Å². The van der Waals surface area contributed by atoms with Gasteiger partial charge in [0.1, 0.15) is 0 Å². The molecule has 0 saturated carbocycles. The number of carbonyl (C=O) groups excluding carboxylic acids is 1. The molecular weight excluding hydrogens is 166 g/mol. The highest BCUT2D eigenvalue weighted by atomic mass is 16.5. The third kappa shape index (κ3) is 1.91. The smallest absolute Gasteiger partial charge is 0.213 e. The number of carbonyl (C=O) groups is 1. The van der Waals surface area contributed by atoms with Crippen molar-refractivity contribution in [3.8, 4) is 0 Å². The zero-order valence-corrected chi connectivity index (χ0v) is 7.71. The van der Waals surface area contributed by atoms with Gasteiger partial charge in [0.05, 0.1) is 12.6 Å². The number of piperidine rings is 1. The van der Waals surface area contributed by atoms with Crippen molar-refractivity contribution in [2.24, 2.45) is 0 Å². The van der Waals surface area contributed by atoms with Crippen LogP contribution in [-0.4, -0.2) is 25.0 Å². The highest BCUT2D eigenvalue weighted by Crippen LogP contribution is 2.16. The summed E-state index contributed by atoms with van der Waals surface area (Å²) >= 11 is 0. The van der Waals surface area contributed by atoms with E-state index in [1.54, 1.807) is 0 Å². The number of ketones is 1. The van der Waals surface area contributed by atoms with Crippen LogP contribution >= 0.6 is 0 Å². The standard InChI is InChI=1S/C10H15NO2/c12-10(9-5-3-7-13-9)8-4-1-2-6-11-8/h5,8,11H,1-4,6-7H2. The molecular formula is C10H15NO2. The molecule has 0 aliphatic carbocycles. The first-order chi connectivity index (χ1) is 6.38. The lowest BCUT2D eigenvalue weighted by Gasteiger charge is -2.22. The van der Waals surface area contributed by atoms with E-state index in [2.05, 4.69) is 5.32 Å². The van der Waals surface area contributed by atoms with Gasteiger partial charge in [-0.15, -0.1) is 0 Å². The molecule has 2 aliphatic heterocycles. The number of nitrogens with one attached hydrogen (secondary N) is 1. The minimum atomic E-state index is 0.0121. The molecule has 2 rings (SSSR count). The van der Waals surface area contributed by atoms with E-state index in [4.69, 9.17) is 4.74 Å². The van der Waals surface area contributed by atoms with Crippen molar-refractivity contribution in [2.45, 2.75) is 31.7 Å². The highest BCUT2D eigenvalue weighted by molar-refractivity contribution is 5.98. The number of hydrogen-bond acceptors (Lipinski definition) is 3. The number of rotatable bonds is 2. The molecule has 0 aromatic rings. The summed E-state index contributed by atoms with van der Waals surface area (Å²) in [7, 11) is 0. The maximum absolute atomic E-state index is 11.7. The van der Waals surface area contributed by atoms with E-state index >= 15 is 0 Å². The van der Waals surface area contributed by atoms with Crippen molar-refractivity contribution >= 4 is 5.78 Å². The molecule has 0 aromatic carbocycles. The van der Waals surface area contributed by atoms with Gasteiger partial charge in [-0.2, -0.15) is 0 Å². The van der Waals surface area contributed by atoms with Crippen LogP contribution in [-0.2, 0) is 9.53 Å². The maximum atomic E-state index is 11.7. The lowest BCUT2D eigenvalue weighted by Crippen LogP contribution is -2.41. The van der Waals surface area contributed by atoms with Crippen LogP contribution in [0.2, 0.25) is 0 Å². The second-order valence-corrected chi connectivity index (χ2v) is 3.57. The van der Waals surface area contributed by atoms with Crippen LogP contribution < -0.4 is 5.32 Å². The Kier molecular flexibility index (Phi) is 2.64. The van der Waals surface area contributed by atoms with Crippen LogP contribution in [0, 0.1) is 0 Å². The van der Waals surface area contributed by atoms with Crippen LogP contribution in [0.5, 0.6) is 0 Å². The Labute approximate surface area is 78.1 Å². The topological polar surface area (TPSA) is 38.3 Å². The third-order valence-electron chi connectivity index (χ3n) is 2.57. The second kappa shape index (κ2) is 3.92. The van der Waals surface area contributed by atoms with E-state index in [-0.39, 0.29) is 11.8 Å². The van der Waals surface area contributed by atoms with Crippen molar-refractivity contribution < 1.29 is 9.53 Å². The molecule has 3 heteroatoms. The van der Waals surface area contributed by atoms with Gasteiger partial charge in [0.15, 0.2) is 5.76 Å². The van der Waals surface area contributed by atoms with Gasteiger partial charge in [0.2, 0.25) is 5.78 Å². The molecule has 0 radical (unpaired) electrons. The van der Waals surface area contributed by atoms with Crippen LogP contribution in [0.3, 0.4) is 0 Å². The molecule has 1 unspecified atom stereocenters. The van der Waals surface area contributed by atoms with Crippen LogP contribution in [0.15, 0.2) is 11.8 Å². The van der Waals surface area contributed by atoms with Gasteiger partial charge >= 0.3 is 0 Å². The quantitative estimate of drug-likeness (QED) is 0.690. The summed E-state index contributed by atoms with van der Waals surface area (Å²) in [4.78, 5) is 11.7. The third-order valence-corrected chi connectivity index (χ3v) is 2.57. The van der Waals surface area contributed by atoms with Crippen molar-refractivity contribution in [3.63, 3.8) is 0 Å². The number of hydrogen-bond donors (Lipinski definition) is 1. The Morgan fingerprint density at radius 1 is 1.54 bits per heavy atom. The fourth-order valence-electron chi connectivity index (χ4n) is 1.84. The van der Waals surface area contributed by atoms with E-state index in [1.165, 1.54) is 6.42 Å². The fourth-order valence-corrected chi connectivity index (χ4v) is 1.84. The molecule has 0 bridgehead atoms. The summed E-state index contributed by atoms with van der Waals surface area (Å²) in [6, 6.07) is 0.0121. The number of ether oxygens (including phenoxy) is 1. The monoisotopic (exact) mass is 181 g/mol. The lowest BCUT2D eigenvalue weighted by molar-refractivity contribution is -0.121. The maximum Gasteiger partial charge on any atom is 0.213 e. The average Bonchev–Trinajstić information content (AvgIpc) is 2.71. The van der Waals surface area contributed by atoms with Crippen LogP contribution in [0.4, 0.5) is 0 Å². The van der Waals surface area contributed by atoms with Gasteiger partial charge in [0, 0.05) is 6.42 Å². The highest BCUT2D eigenvalue weighted by Gasteiger charge is 2.25. The van der Waals surface area contributed by atoms with Gasteiger partial charge < -0.3 is 10.1 Å². The molecule has 0 aromatic heterocycles. The molecule has 1 fully saturated rings. The van der Waals surface area contributed by atoms with Gasteiger partial charge in [0.25, 0.3) is 0 Å².